The van der Waals surface area contributed by atoms with Crippen LogP contribution in [-0.2, 0) is 4.74 Å². The van der Waals surface area contributed by atoms with Crippen molar-refractivity contribution in [3.8, 4) is 0 Å². The Labute approximate surface area is 89.3 Å². The molecule has 0 radical (unpaired) electrons. The molecule has 0 amide bonds. The Bertz CT molecular complexity index is 495. The van der Waals surface area contributed by atoms with Gasteiger partial charge >= 0.3 is 5.69 Å². The molecule has 0 bridgehead atoms. The van der Waals surface area contributed by atoms with E-state index in [1.807, 2.05) is 4.98 Å². The second kappa shape index (κ2) is 4.18. The molecule has 1 fully saturated rings. The van der Waals surface area contributed by atoms with Gasteiger partial charge in [-0.05, 0) is 12.8 Å². The van der Waals surface area contributed by atoms with Crippen molar-refractivity contribution in [3.63, 3.8) is 0 Å². The Hall–Kier alpha value is -1.47. The Kier molecular flexibility index (Phi) is 2.88. The van der Waals surface area contributed by atoms with Crippen molar-refractivity contribution in [3.05, 3.63) is 32.9 Å². The van der Waals surface area contributed by atoms with Gasteiger partial charge in [0.15, 0.2) is 0 Å². The molecule has 1 aliphatic heterocycles. The molecule has 1 aromatic rings. The fraction of sp³-hybridized carbons (Fsp3) is 0.556. The van der Waals surface area contributed by atoms with Crippen LogP contribution in [0, 0.1) is 5.82 Å². The van der Waals surface area contributed by atoms with E-state index in [2.05, 4.69) is 0 Å². The number of H-pyrrole nitrogens is 1. The molecule has 0 unspecified atom stereocenters. The lowest BCUT2D eigenvalue weighted by molar-refractivity contribution is -0.0250. The zero-order valence-corrected chi connectivity index (χ0v) is 8.35. The summed E-state index contributed by atoms with van der Waals surface area (Å²) in [5.74, 6) is -1.03. The molecule has 2 atom stereocenters. The summed E-state index contributed by atoms with van der Waals surface area (Å²) >= 11 is 0. The molecule has 1 aromatic heterocycles. The number of hydrogen-bond acceptors (Lipinski definition) is 4. The Balaban J connectivity index is 2.32. The largest absolute Gasteiger partial charge is 0.394 e. The molecule has 6 nitrogen and oxygen atoms in total. The van der Waals surface area contributed by atoms with E-state index in [0.29, 0.717) is 12.8 Å². The van der Waals surface area contributed by atoms with Gasteiger partial charge in [-0.15, -0.1) is 0 Å². The molecule has 2 heterocycles. The number of aromatic amines is 1. The van der Waals surface area contributed by atoms with Crippen molar-refractivity contribution in [2.75, 3.05) is 6.61 Å². The second-order valence-electron chi connectivity index (χ2n) is 3.62. The van der Waals surface area contributed by atoms with Gasteiger partial charge in [-0.25, -0.2) is 4.79 Å². The van der Waals surface area contributed by atoms with Crippen LogP contribution in [-0.4, -0.2) is 27.4 Å². The monoisotopic (exact) mass is 230 g/mol. The average Bonchev–Trinajstić information content (AvgIpc) is 2.71. The summed E-state index contributed by atoms with van der Waals surface area (Å²) in [5, 5.41) is 8.85. The summed E-state index contributed by atoms with van der Waals surface area (Å²) in [6.07, 6.45) is 0.944. The number of aromatic nitrogens is 2. The van der Waals surface area contributed by atoms with Crippen LogP contribution in [0.5, 0.6) is 0 Å². The predicted molar refractivity (Wildman–Crippen MR) is 51.5 cm³/mol. The maximum absolute atomic E-state index is 13.0. The highest BCUT2D eigenvalue weighted by Gasteiger charge is 2.27. The highest BCUT2D eigenvalue weighted by atomic mass is 19.1. The Morgan fingerprint density at radius 1 is 1.56 bits per heavy atom. The minimum atomic E-state index is -1.04. The number of nitrogens with one attached hydrogen (secondary N) is 1. The third-order valence-electron chi connectivity index (χ3n) is 2.52. The topological polar surface area (TPSA) is 84.3 Å². The van der Waals surface area contributed by atoms with Gasteiger partial charge in [0.2, 0.25) is 5.82 Å². The summed E-state index contributed by atoms with van der Waals surface area (Å²) in [7, 11) is 0. The highest BCUT2D eigenvalue weighted by Crippen LogP contribution is 2.26. The molecule has 16 heavy (non-hydrogen) atoms. The van der Waals surface area contributed by atoms with Crippen LogP contribution in [0.2, 0.25) is 0 Å². The Morgan fingerprint density at radius 2 is 2.31 bits per heavy atom. The fourth-order valence-corrected chi connectivity index (χ4v) is 1.70. The third kappa shape index (κ3) is 1.91. The van der Waals surface area contributed by atoms with Crippen molar-refractivity contribution in [2.45, 2.75) is 25.2 Å². The first-order valence-corrected chi connectivity index (χ1v) is 4.89. The smallest absolute Gasteiger partial charge is 0.330 e. The predicted octanol–water partition coefficient (Wildman–Crippen LogP) is -0.654. The lowest BCUT2D eigenvalue weighted by Crippen LogP contribution is -2.34. The number of nitrogens with zero attached hydrogens (tertiary/aromatic N) is 1. The molecule has 0 aromatic carbocycles. The number of hydrogen-bond donors (Lipinski definition) is 2. The Morgan fingerprint density at radius 3 is 2.94 bits per heavy atom. The zero-order valence-electron chi connectivity index (χ0n) is 8.35. The molecule has 7 heteroatoms. The van der Waals surface area contributed by atoms with Gasteiger partial charge in [0, 0.05) is 0 Å². The molecule has 1 saturated heterocycles. The summed E-state index contributed by atoms with van der Waals surface area (Å²) in [6, 6.07) is 0. The van der Waals surface area contributed by atoms with Gasteiger partial charge in [0.05, 0.1) is 18.9 Å². The first kappa shape index (κ1) is 11.0. The minimum absolute atomic E-state index is 0.142. The van der Waals surface area contributed by atoms with E-state index in [4.69, 9.17) is 9.84 Å². The lowest BCUT2D eigenvalue weighted by atomic mass is 10.2. The zero-order chi connectivity index (χ0) is 11.7. The molecule has 0 spiro atoms. The standard InChI is InChI=1S/C9H11FN2O4/c10-6-3-12(9(15)11-8(6)14)7-2-1-5(4-13)16-7/h3,5,7,13H,1-2,4H2,(H,11,14,15)/t5-,7-/m1/s1. The number of rotatable bonds is 2. The minimum Gasteiger partial charge on any atom is -0.394 e. The molecule has 0 saturated carbocycles. The maximum Gasteiger partial charge on any atom is 0.330 e. The van der Waals surface area contributed by atoms with Crippen LogP contribution in [0.25, 0.3) is 0 Å². The maximum atomic E-state index is 13.0. The van der Waals surface area contributed by atoms with Crippen LogP contribution in [0.3, 0.4) is 0 Å². The number of ether oxygens (including phenoxy) is 1. The van der Waals surface area contributed by atoms with Crippen LogP contribution >= 0.6 is 0 Å². The van der Waals surface area contributed by atoms with Crippen LogP contribution in [0.1, 0.15) is 19.1 Å². The molecule has 2 rings (SSSR count). The first-order valence-electron chi connectivity index (χ1n) is 4.89. The second-order valence-corrected chi connectivity index (χ2v) is 3.62. The normalized spacial score (nSPS) is 24.9. The molecular formula is C9H11FN2O4. The van der Waals surface area contributed by atoms with E-state index in [9.17, 15) is 14.0 Å². The van der Waals surface area contributed by atoms with E-state index in [0.717, 1.165) is 10.8 Å². The van der Waals surface area contributed by atoms with Crippen LogP contribution in [0.15, 0.2) is 15.8 Å². The molecule has 1 aliphatic rings. The van der Waals surface area contributed by atoms with E-state index < -0.39 is 23.3 Å². The van der Waals surface area contributed by atoms with Gasteiger partial charge in [0.1, 0.15) is 6.23 Å². The van der Waals surface area contributed by atoms with Crippen molar-refractivity contribution in [1.82, 2.24) is 9.55 Å². The third-order valence-corrected chi connectivity index (χ3v) is 2.52. The van der Waals surface area contributed by atoms with E-state index in [1.165, 1.54) is 0 Å². The summed E-state index contributed by atoms with van der Waals surface area (Å²) in [4.78, 5) is 24.0. The van der Waals surface area contributed by atoms with Crippen molar-refractivity contribution < 1.29 is 14.2 Å². The van der Waals surface area contributed by atoms with E-state index >= 15 is 0 Å². The molecule has 88 valence electrons. The van der Waals surface area contributed by atoms with Crippen molar-refractivity contribution in [1.29, 1.82) is 0 Å². The van der Waals surface area contributed by atoms with Gasteiger partial charge in [0.25, 0.3) is 5.56 Å². The van der Waals surface area contributed by atoms with E-state index in [-0.39, 0.29) is 12.7 Å². The van der Waals surface area contributed by atoms with Crippen molar-refractivity contribution >= 4 is 0 Å². The van der Waals surface area contributed by atoms with E-state index in [1.54, 1.807) is 0 Å². The van der Waals surface area contributed by atoms with Crippen LogP contribution < -0.4 is 11.2 Å². The molecule has 2 N–H and O–H groups in total. The summed E-state index contributed by atoms with van der Waals surface area (Å²) in [6.45, 7) is -0.142. The summed E-state index contributed by atoms with van der Waals surface area (Å²) < 4.78 is 19.3. The molecular weight excluding hydrogens is 219 g/mol. The highest BCUT2D eigenvalue weighted by molar-refractivity contribution is 4.89. The van der Waals surface area contributed by atoms with Gasteiger partial charge in [-0.1, -0.05) is 0 Å². The fourth-order valence-electron chi connectivity index (χ4n) is 1.70. The molecule has 0 aliphatic carbocycles. The van der Waals surface area contributed by atoms with Gasteiger partial charge in [-0.3, -0.25) is 14.3 Å². The lowest BCUT2D eigenvalue weighted by Gasteiger charge is -2.14. The summed E-state index contributed by atoms with van der Waals surface area (Å²) in [5.41, 5.74) is -1.76. The SMILES string of the molecule is O=c1[nH]c(=O)n([C@H]2CC[C@H](CO)O2)cc1F. The van der Waals surface area contributed by atoms with Crippen molar-refractivity contribution in [2.24, 2.45) is 0 Å². The van der Waals surface area contributed by atoms with Gasteiger partial charge in [-0.2, -0.15) is 4.39 Å². The first-order chi connectivity index (χ1) is 7.61. The number of halogens is 1. The van der Waals surface area contributed by atoms with Gasteiger partial charge < -0.3 is 9.84 Å². The number of aliphatic hydroxyl groups excluding tert-OH is 1. The van der Waals surface area contributed by atoms with Crippen LogP contribution in [0.4, 0.5) is 4.39 Å². The number of aliphatic hydroxyl groups is 1. The average molecular weight is 230 g/mol. The quantitative estimate of drug-likeness (QED) is 0.706.